The van der Waals surface area contributed by atoms with Crippen molar-refractivity contribution in [2.24, 2.45) is 5.41 Å². The van der Waals surface area contributed by atoms with Crippen molar-refractivity contribution >= 4 is 5.69 Å². The van der Waals surface area contributed by atoms with E-state index in [-0.39, 0.29) is 5.41 Å². The van der Waals surface area contributed by atoms with Crippen LogP contribution in [0, 0.1) is 5.41 Å². The molecule has 0 unspecified atom stereocenters. The van der Waals surface area contributed by atoms with E-state index < -0.39 is 11.9 Å². The van der Waals surface area contributed by atoms with Crippen molar-refractivity contribution in [1.29, 1.82) is 0 Å². The van der Waals surface area contributed by atoms with Crippen LogP contribution in [0.1, 0.15) is 18.5 Å². The van der Waals surface area contributed by atoms with Gasteiger partial charge in [0.2, 0.25) is 0 Å². The molecule has 1 N–H and O–H groups in total. The van der Waals surface area contributed by atoms with Gasteiger partial charge in [-0.2, -0.15) is 13.2 Å². The summed E-state index contributed by atoms with van der Waals surface area (Å²) in [5.74, 6) is 0. The standard InChI is InChI=1S/C13H16F3N3/c14-13(15,16)11-6-10(2-4-18-11)19-5-1-3-12(9-19)7-17-8-12/h2,4,6,17H,1,3,5,7-9H2. The van der Waals surface area contributed by atoms with E-state index in [1.54, 1.807) is 6.07 Å². The first kappa shape index (κ1) is 12.7. The fourth-order valence-corrected chi connectivity index (χ4v) is 2.97. The van der Waals surface area contributed by atoms with Gasteiger partial charge in [-0.1, -0.05) is 0 Å². The molecule has 1 spiro atoms. The first-order chi connectivity index (χ1) is 8.99. The van der Waals surface area contributed by atoms with Gasteiger partial charge in [-0.25, -0.2) is 0 Å². The van der Waals surface area contributed by atoms with Crippen molar-refractivity contribution in [2.75, 3.05) is 31.1 Å². The molecule has 2 fully saturated rings. The highest BCUT2D eigenvalue weighted by Crippen LogP contribution is 2.36. The summed E-state index contributed by atoms with van der Waals surface area (Å²) in [5, 5.41) is 3.26. The number of pyridine rings is 1. The average molecular weight is 271 g/mol. The number of piperidine rings is 1. The Kier molecular flexibility index (Phi) is 2.92. The van der Waals surface area contributed by atoms with Crippen LogP contribution in [0.2, 0.25) is 0 Å². The minimum atomic E-state index is -4.37. The lowest BCUT2D eigenvalue weighted by Gasteiger charge is -2.50. The quantitative estimate of drug-likeness (QED) is 0.849. The lowest BCUT2D eigenvalue weighted by Crippen LogP contribution is -2.61. The zero-order chi connectivity index (χ0) is 13.5. The number of aromatic nitrogens is 1. The topological polar surface area (TPSA) is 28.2 Å². The number of nitrogens with one attached hydrogen (secondary N) is 1. The predicted octanol–water partition coefficient (Wildman–Crippen LogP) is 2.29. The maximum absolute atomic E-state index is 12.7. The lowest BCUT2D eigenvalue weighted by atomic mass is 9.75. The monoisotopic (exact) mass is 271 g/mol. The van der Waals surface area contributed by atoms with E-state index in [1.165, 1.54) is 6.20 Å². The molecule has 2 saturated heterocycles. The van der Waals surface area contributed by atoms with Gasteiger partial charge in [0.05, 0.1) is 0 Å². The Morgan fingerprint density at radius 3 is 2.74 bits per heavy atom. The van der Waals surface area contributed by atoms with Crippen LogP contribution in [-0.4, -0.2) is 31.2 Å². The van der Waals surface area contributed by atoms with E-state index in [0.29, 0.717) is 5.69 Å². The van der Waals surface area contributed by atoms with Crippen molar-refractivity contribution in [1.82, 2.24) is 10.3 Å². The van der Waals surface area contributed by atoms with Crippen molar-refractivity contribution < 1.29 is 13.2 Å². The molecule has 0 saturated carbocycles. The summed E-state index contributed by atoms with van der Waals surface area (Å²) in [6.45, 7) is 3.60. The van der Waals surface area contributed by atoms with Crippen LogP contribution >= 0.6 is 0 Å². The molecule has 0 radical (unpaired) electrons. The molecule has 3 nitrogen and oxygen atoms in total. The maximum Gasteiger partial charge on any atom is 0.433 e. The Morgan fingerprint density at radius 1 is 1.32 bits per heavy atom. The predicted molar refractivity (Wildman–Crippen MR) is 66.0 cm³/mol. The minimum absolute atomic E-state index is 0.264. The fraction of sp³-hybridized carbons (Fsp3) is 0.615. The number of hydrogen-bond acceptors (Lipinski definition) is 3. The molecule has 19 heavy (non-hydrogen) atoms. The van der Waals surface area contributed by atoms with Crippen molar-refractivity contribution in [3.8, 4) is 0 Å². The van der Waals surface area contributed by atoms with E-state index in [1.807, 2.05) is 0 Å². The van der Waals surface area contributed by atoms with Gasteiger partial charge < -0.3 is 10.2 Å². The smallest absolute Gasteiger partial charge is 0.371 e. The summed E-state index contributed by atoms with van der Waals surface area (Å²) in [6, 6.07) is 2.82. The Hall–Kier alpha value is -1.30. The third-order valence-electron chi connectivity index (χ3n) is 4.06. The molecule has 104 valence electrons. The Morgan fingerprint density at radius 2 is 2.11 bits per heavy atom. The molecule has 0 aromatic carbocycles. The van der Waals surface area contributed by atoms with Crippen LogP contribution in [0.15, 0.2) is 18.3 Å². The van der Waals surface area contributed by atoms with Gasteiger partial charge in [-0.15, -0.1) is 0 Å². The maximum atomic E-state index is 12.7. The summed E-state index contributed by atoms with van der Waals surface area (Å²) in [4.78, 5) is 5.47. The largest absolute Gasteiger partial charge is 0.433 e. The van der Waals surface area contributed by atoms with Crippen molar-refractivity contribution in [3.63, 3.8) is 0 Å². The highest BCUT2D eigenvalue weighted by atomic mass is 19.4. The van der Waals surface area contributed by atoms with Crippen LogP contribution < -0.4 is 10.2 Å². The minimum Gasteiger partial charge on any atom is -0.371 e. The summed E-state index contributed by atoms with van der Waals surface area (Å²) < 4.78 is 38.0. The van der Waals surface area contributed by atoms with Gasteiger partial charge in [-0.3, -0.25) is 4.98 Å². The molecule has 1 aromatic heterocycles. The van der Waals surface area contributed by atoms with Crippen molar-refractivity contribution in [2.45, 2.75) is 19.0 Å². The third kappa shape index (κ3) is 2.41. The summed E-state index contributed by atoms with van der Waals surface area (Å²) in [7, 11) is 0. The van der Waals surface area contributed by atoms with Crippen LogP contribution in [0.3, 0.4) is 0 Å². The first-order valence-corrected chi connectivity index (χ1v) is 6.48. The van der Waals surface area contributed by atoms with Gasteiger partial charge in [0.1, 0.15) is 5.69 Å². The number of hydrogen-bond donors (Lipinski definition) is 1. The van der Waals surface area contributed by atoms with E-state index in [4.69, 9.17) is 0 Å². The first-order valence-electron chi connectivity index (χ1n) is 6.48. The molecular weight excluding hydrogens is 255 g/mol. The van der Waals surface area contributed by atoms with Crippen LogP contribution in [0.25, 0.3) is 0 Å². The normalized spacial score (nSPS) is 22.4. The van der Waals surface area contributed by atoms with Gasteiger partial charge in [0.15, 0.2) is 0 Å². The molecule has 3 rings (SSSR count). The van der Waals surface area contributed by atoms with E-state index >= 15 is 0 Å². The average Bonchev–Trinajstić information content (AvgIpc) is 2.36. The molecule has 6 heteroatoms. The second-order valence-corrected chi connectivity index (χ2v) is 5.53. The Balaban J connectivity index is 1.82. The third-order valence-corrected chi connectivity index (χ3v) is 4.06. The lowest BCUT2D eigenvalue weighted by molar-refractivity contribution is -0.141. The Labute approximate surface area is 109 Å². The van der Waals surface area contributed by atoms with Gasteiger partial charge in [0.25, 0.3) is 0 Å². The van der Waals surface area contributed by atoms with Crippen LogP contribution in [-0.2, 0) is 6.18 Å². The highest BCUT2D eigenvalue weighted by molar-refractivity contribution is 5.48. The molecule has 0 aliphatic carbocycles. The van der Waals surface area contributed by atoms with Crippen molar-refractivity contribution in [3.05, 3.63) is 24.0 Å². The van der Waals surface area contributed by atoms with Gasteiger partial charge in [0, 0.05) is 43.5 Å². The van der Waals surface area contributed by atoms with Gasteiger partial charge >= 0.3 is 6.18 Å². The number of nitrogens with zero attached hydrogens (tertiary/aromatic N) is 2. The summed E-state index contributed by atoms with van der Waals surface area (Å²) in [5.41, 5.74) is 0.0876. The zero-order valence-corrected chi connectivity index (χ0v) is 10.5. The number of halogens is 3. The SMILES string of the molecule is FC(F)(F)c1cc(N2CCCC3(CNC3)C2)ccn1. The number of alkyl halides is 3. The number of anilines is 1. The molecule has 0 amide bonds. The second-order valence-electron chi connectivity index (χ2n) is 5.53. The second kappa shape index (κ2) is 4.37. The molecule has 2 aliphatic heterocycles. The van der Waals surface area contributed by atoms with Crippen LogP contribution in [0.5, 0.6) is 0 Å². The number of rotatable bonds is 1. The molecule has 0 atom stereocenters. The zero-order valence-electron chi connectivity index (χ0n) is 10.5. The van der Waals surface area contributed by atoms with E-state index in [0.717, 1.165) is 45.1 Å². The van der Waals surface area contributed by atoms with Crippen LogP contribution in [0.4, 0.5) is 18.9 Å². The molecule has 1 aromatic rings. The summed E-state index contributed by atoms with van der Waals surface area (Å²) in [6.07, 6.45) is -0.932. The fourth-order valence-electron chi connectivity index (χ4n) is 2.97. The highest BCUT2D eigenvalue weighted by Gasteiger charge is 2.41. The molecule has 3 heterocycles. The molecule has 0 bridgehead atoms. The Bertz CT molecular complexity index is 468. The van der Waals surface area contributed by atoms with Gasteiger partial charge in [-0.05, 0) is 25.0 Å². The molecular formula is C13H16F3N3. The molecule has 2 aliphatic rings. The summed E-state index contributed by atoms with van der Waals surface area (Å²) >= 11 is 0. The van der Waals surface area contributed by atoms with E-state index in [2.05, 4.69) is 15.2 Å². The van der Waals surface area contributed by atoms with E-state index in [9.17, 15) is 13.2 Å².